The van der Waals surface area contributed by atoms with E-state index < -0.39 is 11.3 Å². The number of carbonyl (C=O) groups is 3. The first-order chi connectivity index (χ1) is 16.3. The summed E-state index contributed by atoms with van der Waals surface area (Å²) < 4.78 is 11.7. The summed E-state index contributed by atoms with van der Waals surface area (Å²) in [5, 5.41) is 3.33. The molecule has 1 aliphatic heterocycles. The molecule has 0 radical (unpaired) electrons. The van der Waals surface area contributed by atoms with Gasteiger partial charge in [0.05, 0.1) is 5.56 Å². The van der Waals surface area contributed by atoms with Crippen LogP contribution in [0.25, 0.3) is 22.1 Å². The zero-order valence-corrected chi connectivity index (χ0v) is 18.9. The van der Waals surface area contributed by atoms with Crippen LogP contribution in [-0.2, 0) is 21.5 Å². The molecule has 3 aromatic heterocycles. The number of fused-ring (bicyclic) bond motifs is 4. The molecule has 0 saturated heterocycles. The van der Waals surface area contributed by atoms with E-state index in [9.17, 15) is 14.4 Å². The predicted molar refractivity (Wildman–Crippen MR) is 123 cm³/mol. The Morgan fingerprint density at radius 1 is 1.18 bits per heavy atom. The van der Waals surface area contributed by atoms with Gasteiger partial charge in [0.2, 0.25) is 11.8 Å². The van der Waals surface area contributed by atoms with Crippen LogP contribution in [0.4, 0.5) is 0 Å². The molecular weight excluding hydrogens is 434 g/mol. The summed E-state index contributed by atoms with van der Waals surface area (Å²) in [5.41, 5.74) is 1.98. The topological polar surface area (TPSA) is 106 Å². The van der Waals surface area contributed by atoms with Crippen LogP contribution in [0.15, 0.2) is 51.4 Å². The standard InChI is InChI=1S/C26H23N3O5/c1-14-10-17-19(33-14)8-7-16-12-29(24(31)22(16)17)13-26(2,25(32)28-23(30)15-5-6-15)21-11-18-20(34-21)4-3-9-27-18/h3-4,7-11,15H,5-6,12-13H2,1-2H3,(H,28,30,32). The molecule has 2 aliphatic rings. The minimum absolute atomic E-state index is 0.0441. The molecular formula is C26H23N3O5. The van der Waals surface area contributed by atoms with E-state index in [2.05, 4.69) is 10.3 Å². The first kappa shape index (κ1) is 20.7. The van der Waals surface area contributed by atoms with Crippen LogP contribution in [0.5, 0.6) is 0 Å². The SMILES string of the molecule is Cc1cc2c3c(ccc2o1)CN(CC(C)(C(=O)NC(=O)C1CC1)c1cc2ncccc2o1)C3=O. The molecule has 3 amide bonds. The number of aryl methyl sites for hydroxylation is 1. The Balaban J connectivity index is 1.38. The molecule has 1 aromatic carbocycles. The molecule has 8 heteroatoms. The number of amides is 3. The Morgan fingerprint density at radius 3 is 2.76 bits per heavy atom. The van der Waals surface area contributed by atoms with Gasteiger partial charge in [-0.3, -0.25) is 24.7 Å². The van der Waals surface area contributed by atoms with Crippen molar-refractivity contribution in [1.29, 1.82) is 0 Å². The molecule has 4 aromatic rings. The van der Waals surface area contributed by atoms with E-state index in [1.807, 2.05) is 25.1 Å². The monoisotopic (exact) mass is 457 g/mol. The Hall–Kier alpha value is -3.94. The van der Waals surface area contributed by atoms with E-state index in [1.165, 1.54) is 0 Å². The van der Waals surface area contributed by atoms with E-state index >= 15 is 0 Å². The van der Waals surface area contributed by atoms with Gasteiger partial charge in [-0.25, -0.2) is 0 Å². The van der Waals surface area contributed by atoms with Crippen LogP contribution in [0.2, 0.25) is 0 Å². The van der Waals surface area contributed by atoms with Crippen molar-refractivity contribution in [2.24, 2.45) is 5.92 Å². The molecule has 34 heavy (non-hydrogen) atoms. The van der Waals surface area contributed by atoms with Crippen molar-refractivity contribution in [3.63, 3.8) is 0 Å². The largest absolute Gasteiger partial charge is 0.461 e. The van der Waals surface area contributed by atoms with E-state index in [4.69, 9.17) is 8.83 Å². The molecule has 1 saturated carbocycles. The Morgan fingerprint density at radius 2 is 2.00 bits per heavy atom. The fourth-order valence-corrected chi connectivity index (χ4v) is 4.71. The van der Waals surface area contributed by atoms with Gasteiger partial charge in [0, 0.05) is 36.7 Å². The lowest BCUT2D eigenvalue weighted by Crippen LogP contribution is -2.51. The molecule has 6 rings (SSSR count). The van der Waals surface area contributed by atoms with Gasteiger partial charge in [0.1, 0.15) is 28.0 Å². The van der Waals surface area contributed by atoms with Crippen LogP contribution in [0.3, 0.4) is 0 Å². The maximum Gasteiger partial charge on any atom is 0.255 e. The fraction of sp³-hybridized carbons (Fsp3) is 0.308. The Labute approximate surface area is 194 Å². The van der Waals surface area contributed by atoms with Crippen LogP contribution in [-0.4, -0.2) is 34.2 Å². The van der Waals surface area contributed by atoms with Crippen molar-refractivity contribution in [3.05, 3.63) is 65.2 Å². The van der Waals surface area contributed by atoms with Gasteiger partial charge >= 0.3 is 0 Å². The summed E-state index contributed by atoms with van der Waals surface area (Å²) in [7, 11) is 0. The van der Waals surface area contributed by atoms with Crippen molar-refractivity contribution >= 4 is 39.8 Å². The second-order valence-electron chi connectivity index (χ2n) is 9.45. The highest BCUT2D eigenvalue weighted by atomic mass is 16.3. The summed E-state index contributed by atoms with van der Waals surface area (Å²) in [6.07, 6.45) is 3.21. The van der Waals surface area contributed by atoms with Crippen LogP contribution >= 0.6 is 0 Å². The summed E-state index contributed by atoms with van der Waals surface area (Å²) in [5.74, 6) is 0.0141. The Bertz CT molecular complexity index is 1460. The third kappa shape index (κ3) is 3.21. The second-order valence-corrected chi connectivity index (χ2v) is 9.45. The first-order valence-corrected chi connectivity index (χ1v) is 11.3. The number of hydrogen-bond acceptors (Lipinski definition) is 6. The number of benzene rings is 1. The average Bonchev–Trinajstić information content (AvgIpc) is 3.34. The van der Waals surface area contributed by atoms with E-state index in [0.29, 0.717) is 34.6 Å². The van der Waals surface area contributed by atoms with Gasteiger partial charge in [0.25, 0.3) is 5.91 Å². The molecule has 1 aliphatic carbocycles. The quantitative estimate of drug-likeness (QED) is 0.488. The fourth-order valence-electron chi connectivity index (χ4n) is 4.71. The van der Waals surface area contributed by atoms with Crippen LogP contribution in [0.1, 0.15) is 47.2 Å². The smallest absolute Gasteiger partial charge is 0.255 e. The zero-order chi connectivity index (χ0) is 23.6. The molecule has 1 atom stereocenters. The molecule has 172 valence electrons. The van der Waals surface area contributed by atoms with Crippen molar-refractivity contribution in [1.82, 2.24) is 15.2 Å². The maximum absolute atomic E-state index is 13.5. The highest BCUT2D eigenvalue weighted by Crippen LogP contribution is 2.37. The number of nitrogens with zero attached hydrogens (tertiary/aromatic N) is 2. The number of carbonyl (C=O) groups excluding carboxylic acids is 3. The third-order valence-electron chi connectivity index (χ3n) is 6.80. The van der Waals surface area contributed by atoms with Crippen LogP contribution in [0, 0.1) is 12.8 Å². The van der Waals surface area contributed by atoms with Gasteiger partial charge < -0.3 is 13.7 Å². The molecule has 0 spiro atoms. The lowest BCUT2D eigenvalue weighted by molar-refractivity contribution is -0.134. The number of hydrogen-bond donors (Lipinski definition) is 1. The third-order valence-corrected chi connectivity index (χ3v) is 6.80. The molecule has 8 nitrogen and oxygen atoms in total. The van der Waals surface area contributed by atoms with Crippen molar-refractivity contribution < 1.29 is 23.2 Å². The number of imide groups is 1. The highest BCUT2D eigenvalue weighted by Gasteiger charge is 2.45. The summed E-state index contributed by atoms with van der Waals surface area (Å²) in [4.78, 5) is 45.4. The van der Waals surface area contributed by atoms with E-state index in [-0.39, 0.29) is 24.3 Å². The maximum atomic E-state index is 13.5. The predicted octanol–water partition coefficient (Wildman–Crippen LogP) is 3.85. The number of pyridine rings is 1. The number of furan rings is 2. The van der Waals surface area contributed by atoms with Gasteiger partial charge in [-0.1, -0.05) is 6.07 Å². The van der Waals surface area contributed by atoms with Gasteiger partial charge in [-0.15, -0.1) is 0 Å². The van der Waals surface area contributed by atoms with Gasteiger partial charge in [-0.2, -0.15) is 0 Å². The average molecular weight is 457 g/mol. The molecule has 1 unspecified atom stereocenters. The lowest BCUT2D eigenvalue weighted by Gasteiger charge is -2.30. The van der Waals surface area contributed by atoms with E-state index in [0.717, 1.165) is 29.6 Å². The van der Waals surface area contributed by atoms with Crippen molar-refractivity contribution in [3.8, 4) is 0 Å². The number of rotatable bonds is 5. The van der Waals surface area contributed by atoms with Crippen molar-refractivity contribution in [2.75, 3.05) is 6.54 Å². The number of nitrogens with one attached hydrogen (secondary N) is 1. The summed E-state index contributed by atoms with van der Waals surface area (Å²) in [6, 6.07) is 10.8. The summed E-state index contributed by atoms with van der Waals surface area (Å²) in [6.45, 7) is 3.94. The minimum Gasteiger partial charge on any atom is -0.461 e. The normalized spacial score (nSPS) is 17.2. The van der Waals surface area contributed by atoms with E-state index in [1.54, 1.807) is 36.2 Å². The zero-order valence-electron chi connectivity index (χ0n) is 18.9. The van der Waals surface area contributed by atoms with Gasteiger partial charge in [0.15, 0.2) is 5.58 Å². The second kappa shape index (κ2) is 7.28. The minimum atomic E-state index is -1.30. The van der Waals surface area contributed by atoms with Crippen LogP contribution < -0.4 is 5.32 Å². The summed E-state index contributed by atoms with van der Waals surface area (Å²) >= 11 is 0. The van der Waals surface area contributed by atoms with Gasteiger partial charge in [-0.05, 0) is 56.5 Å². The number of aromatic nitrogens is 1. The molecule has 1 N–H and O–H groups in total. The van der Waals surface area contributed by atoms with Crippen molar-refractivity contribution in [2.45, 2.75) is 38.6 Å². The molecule has 1 fully saturated rings. The molecule has 4 heterocycles. The first-order valence-electron chi connectivity index (χ1n) is 11.3. The Kier molecular flexibility index (Phi) is 4.42. The highest BCUT2D eigenvalue weighted by molar-refractivity contribution is 6.10. The molecule has 0 bridgehead atoms. The lowest BCUT2D eigenvalue weighted by atomic mass is 9.85.